The molecule has 6 nitrogen and oxygen atoms in total. The van der Waals surface area contributed by atoms with E-state index in [1.54, 1.807) is 24.3 Å². The number of rotatable bonds is 5. The van der Waals surface area contributed by atoms with Gasteiger partial charge in [0.25, 0.3) is 0 Å². The molecule has 2 aromatic rings. The van der Waals surface area contributed by atoms with E-state index >= 15 is 0 Å². The zero-order valence-corrected chi connectivity index (χ0v) is 15.7. The third-order valence-electron chi connectivity index (χ3n) is 4.41. The molecule has 1 atom stereocenters. The number of benzene rings is 2. The number of nitrogens with one attached hydrogen (secondary N) is 2. The summed E-state index contributed by atoms with van der Waals surface area (Å²) < 4.78 is 11.2. The molecule has 0 aromatic heterocycles. The molecule has 2 aromatic carbocycles. The number of urea groups is 1. The lowest BCUT2D eigenvalue weighted by Crippen LogP contribution is -2.35. The third-order valence-corrected chi connectivity index (χ3v) is 4.41. The predicted octanol–water partition coefficient (Wildman–Crippen LogP) is 4.18. The summed E-state index contributed by atoms with van der Waals surface area (Å²) in [4.78, 5) is 24.0. The van der Waals surface area contributed by atoms with Gasteiger partial charge in [-0.15, -0.1) is 0 Å². The average molecular weight is 368 g/mol. The average Bonchev–Trinajstić information content (AvgIpc) is 2.65. The molecule has 0 spiro atoms. The Hall–Kier alpha value is -3.02. The van der Waals surface area contributed by atoms with Crippen LogP contribution >= 0.6 is 0 Å². The summed E-state index contributed by atoms with van der Waals surface area (Å²) in [6.07, 6.45) is 0. The van der Waals surface area contributed by atoms with Crippen LogP contribution in [-0.2, 0) is 0 Å². The first kappa shape index (κ1) is 18.8. The highest BCUT2D eigenvalue weighted by molar-refractivity contribution is 5.96. The zero-order valence-electron chi connectivity index (χ0n) is 15.7. The highest BCUT2D eigenvalue weighted by Gasteiger charge is 2.21. The lowest BCUT2D eigenvalue weighted by Gasteiger charge is -2.25. The van der Waals surface area contributed by atoms with E-state index in [4.69, 9.17) is 9.47 Å². The van der Waals surface area contributed by atoms with E-state index in [2.05, 4.69) is 10.6 Å². The number of ketones is 1. The Kier molecular flexibility index (Phi) is 5.64. The minimum absolute atomic E-state index is 0.0459. The maximum Gasteiger partial charge on any atom is 0.319 e. The molecule has 2 N–H and O–H groups in total. The molecule has 1 unspecified atom stereocenters. The molecular weight excluding hydrogens is 344 g/mol. The molecule has 2 amide bonds. The molecule has 6 heteroatoms. The van der Waals surface area contributed by atoms with Crippen molar-refractivity contribution in [1.29, 1.82) is 0 Å². The Morgan fingerprint density at radius 1 is 1.00 bits per heavy atom. The number of ether oxygens (including phenoxy) is 2. The van der Waals surface area contributed by atoms with E-state index < -0.39 is 0 Å². The quantitative estimate of drug-likeness (QED) is 0.776. The van der Waals surface area contributed by atoms with Crippen molar-refractivity contribution >= 4 is 17.5 Å². The molecule has 1 aliphatic heterocycles. The summed E-state index contributed by atoms with van der Waals surface area (Å²) in [7, 11) is 0. The van der Waals surface area contributed by atoms with Gasteiger partial charge in [0.2, 0.25) is 0 Å². The second kappa shape index (κ2) is 8.12. The molecule has 1 aliphatic rings. The predicted molar refractivity (Wildman–Crippen MR) is 104 cm³/mol. The van der Waals surface area contributed by atoms with Crippen molar-refractivity contribution in [3.05, 3.63) is 53.6 Å². The molecule has 0 bridgehead atoms. The number of carbonyl (C=O) groups excluding carboxylic acids is 2. The minimum atomic E-state index is -0.329. The SMILES string of the molecule is CC(=O)c1cccc(NC(=O)NC(c2ccc3c(c2)OCCO3)C(C)C)c1. The molecule has 1 heterocycles. The molecule has 142 valence electrons. The van der Waals surface area contributed by atoms with Gasteiger partial charge >= 0.3 is 6.03 Å². The Bertz CT molecular complexity index is 848. The molecule has 27 heavy (non-hydrogen) atoms. The first-order chi connectivity index (χ1) is 12.9. The Morgan fingerprint density at radius 2 is 1.74 bits per heavy atom. The Labute approximate surface area is 158 Å². The van der Waals surface area contributed by atoms with Crippen LogP contribution < -0.4 is 20.1 Å². The van der Waals surface area contributed by atoms with E-state index in [0.717, 1.165) is 11.3 Å². The normalized spacial score (nSPS) is 13.8. The van der Waals surface area contributed by atoms with Crippen molar-refractivity contribution in [2.24, 2.45) is 5.92 Å². The van der Waals surface area contributed by atoms with Crippen LogP contribution in [0.2, 0.25) is 0 Å². The van der Waals surface area contributed by atoms with Crippen molar-refractivity contribution < 1.29 is 19.1 Å². The van der Waals surface area contributed by atoms with Gasteiger partial charge in [-0.05, 0) is 42.7 Å². The number of amides is 2. The highest BCUT2D eigenvalue weighted by atomic mass is 16.6. The second-order valence-corrected chi connectivity index (χ2v) is 6.86. The maximum atomic E-state index is 12.5. The minimum Gasteiger partial charge on any atom is -0.486 e. The lowest BCUT2D eigenvalue weighted by molar-refractivity contribution is 0.101. The Morgan fingerprint density at radius 3 is 2.44 bits per heavy atom. The third kappa shape index (κ3) is 4.58. The molecular formula is C21H24N2O4. The standard InChI is InChI=1S/C21H24N2O4/c1-13(2)20(16-7-8-18-19(12-16)27-10-9-26-18)23-21(25)22-17-6-4-5-15(11-17)14(3)24/h4-8,11-13,20H,9-10H2,1-3H3,(H2,22,23,25). The maximum absolute atomic E-state index is 12.5. The van der Waals surface area contributed by atoms with Crippen LogP contribution in [0.15, 0.2) is 42.5 Å². The summed E-state index contributed by atoms with van der Waals surface area (Å²) in [6.45, 7) is 6.63. The zero-order chi connectivity index (χ0) is 19.4. The largest absolute Gasteiger partial charge is 0.486 e. The van der Waals surface area contributed by atoms with Gasteiger partial charge in [-0.1, -0.05) is 32.0 Å². The summed E-state index contributed by atoms with van der Waals surface area (Å²) in [5.41, 5.74) is 2.08. The van der Waals surface area contributed by atoms with Gasteiger partial charge in [0.1, 0.15) is 13.2 Å². The molecule has 0 aliphatic carbocycles. The van der Waals surface area contributed by atoms with Crippen molar-refractivity contribution in [3.8, 4) is 11.5 Å². The number of anilines is 1. The van der Waals surface area contributed by atoms with Crippen LogP contribution in [0.3, 0.4) is 0 Å². The van der Waals surface area contributed by atoms with E-state index in [1.807, 2.05) is 32.0 Å². The van der Waals surface area contributed by atoms with Gasteiger partial charge in [0.15, 0.2) is 17.3 Å². The first-order valence-corrected chi connectivity index (χ1v) is 9.02. The van der Waals surface area contributed by atoms with Gasteiger partial charge in [-0.3, -0.25) is 4.79 Å². The number of hydrogen-bond donors (Lipinski definition) is 2. The smallest absolute Gasteiger partial charge is 0.319 e. The van der Waals surface area contributed by atoms with Gasteiger partial charge in [0.05, 0.1) is 6.04 Å². The molecule has 0 saturated heterocycles. The van der Waals surface area contributed by atoms with Crippen molar-refractivity contribution in [2.75, 3.05) is 18.5 Å². The lowest BCUT2D eigenvalue weighted by atomic mass is 9.95. The number of Topliss-reactive ketones (excluding diaryl/α,β-unsaturated/α-hetero) is 1. The van der Waals surface area contributed by atoms with Gasteiger partial charge in [-0.25, -0.2) is 4.79 Å². The topological polar surface area (TPSA) is 76.7 Å². The summed E-state index contributed by atoms with van der Waals surface area (Å²) in [5.74, 6) is 1.54. The van der Waals surface area contributed by atoms with Crippen molar-refractivity contribution in [3.63, 3.8) is 0 Å². The highest BCUT2D eigenvalue weighted by Crippen LogP contribution is 2.34. The van der Waals surface area contributed by atoms with Gasteiger partial charge in [-0.2, -0.15) is 0 Å². The fraction of sp³-hybridized carbons (Fsp3) is 0.333. The monoisotopic (exact) mass is 368 g/mol. The first-order valence-electron chi connectivity index (χ1n) is 9.02. The summed E-state index contributed by atoms with van der Waals surface area (Å²) in [6, 6.07) is 12.1. The van der Waals surface area contributed by atoms with E-state index in [1.165, 1.54) is 6.92 Å². The van der Waals surface area contributed by atoms with Crippen LogP contribution in [-0.4, -0.2) is 25.0 Å². The molecule has 3 rings (SSSR count). The summed E-state index contributed by atoms with van der Waals surface area (Å²) in [5, 5.41) is 5.80. The van der Waals surface area contributed by atoms with Crippen LogP contribution in [0.4, 0.5) is 10.5 Å². The van der Waals surface area contributed by atoms with Gasteiger partial charge < -0.3 is 20.1 Å². The van der Waals surface area contributed by atoms with Crippen LogP contribution in [0, 0.1) is 5.92 Å². The van der Waals surface area contributed by atoms with Gasteiger partial charge in [0, 0.05) is 11.3 Å². The Balaban J connectivity index is 1.73. The fourth-order valence-electron chi connectivity index (χ4n) is 3.01. The van der Waals surface area contributed by atoms with Crippen LogP contribution in [0.1, 0.15) is 42.7 Å². The van der Waals surface area contributed by atoms with E-state index in [-0.39, 0.29) is 23.8 Å². The summed E-state index contributed by atoms with van der Waals surface area (Å²) >= 11 is 0. The second-order valence-electron chi connectivity index (χ2n) is 6.86. The fourth-order valence-corrected chi connectivity index (χ4v) is 3.01. The number of carbonyl (C=O) groups is 2. The molecule has 0 fully saturated rings. The van der Waals surface area contributed by atoms with Crippen molar-refractivity contribution in [1.82, 2.24) is 5.32 Å². The van der Waals surface area contributed by atoms with Crippen LogP contribution in [0.25, 0.3) is 0 Å². The molecule has 0 radical (unpaired) electrons. The molecule has 0 saturated carbocycles. The number of fused-ring (bicyclic) bond motifs is 1. The van der Waals surface area contributed by atoms with Crippen LogP contribution in [0.5, 0.6) is 11.5 Å². The van der Waals surface area contributed by atoms with Crippen molar-refractivity contribution in [2.45, 2.75) is 26.8 Å². The van der Waals surface area contributed by atoms with E-state index in [9.17, 15) is 9.59 Å². The number of hydrogen-bond acceptors (Lipinski definition) is 4. The van der Waals surface area contributed by atoms with E-state index in [0.29, 0.717) is 30.2 Å².